The van der Waals surface area contributed by atoms with Crippen molar-refractivity contribution < 1.29 is 9.53 Å². The summed E-state index contributed by atoms with van der Waals surface area (Å²) in [6.45, 7) is 3.84. The quantitative estimate of drug-likeness (QED) is 0.786. The van der Waals surface area contributed by atoms with E-state index in [4.69, 9.17) is 4.74 Å². The highest BCUT2D eigenvalue weighted by molar-refractivity contribution is 8.00. The van der Waals surface area contributed by atoms with Gasteiger partial charge in [-0.1, -0.05) is 18.7 Å². The molecule has 0 spiro atoms. The lowest BCUT2D eigenvalue weighted by molar-refractivity contribution is -0.130. The second-order valence-electron chi connectivity index (χ2n) is 6.39. The molecule has 5 nitrogen and oxygen atoms in total. The summed E-state index contributed by atoms with van der Waals surface area (Å²) in [7, 11) is 1.61. The van der Waals surface area contributed by atoms with Crippen LogP contribution in [0.2, 0.25) is 0 Å². The third-order valence-corrected chi connectivity index (χ3v) is 5.43. The number of likely N-dealkylation sites (tertiary alicyclic amines) is 1. The SMILES string of the molecule is COc1ccc2nc(SCC(=O)N3CCCC(C)C3)c(C#N)cc2c1. The van der Waals surface area contributed by atoms with Crippen LogP contribution in [0.4, 0.5) is 0 Å². The van der Waals surface area contributed by atoms with Crippen LogP contribution in [0, 0.1) is 17.2 Å². The maximum Gasteiger partial charge on any atom is 0.232 e. The highest BCUT2D eigenvalue weighted by Crippen LogP contribution is 2.27. The molecule has 0 bridgehead atoms. The predicted octanol–water partition coefficient (Wildman–Crippen LogP) is 3.47. The molecule has 1 aliphatic rings. The van der Waals surface area contributed by atoms with Crippen LogP contribution in [0.5, 0.6) is 5.75 Å². The second-order valence-corrected chi connectivity index (χ2v) is 7.35. The van der Waals surface area contributed by atoms with Gasteiger partial charge in [-0.3, -0.25) is 4.79 Å². The van der Waals surface area contributed by atoms with E-state index >= 15 is 0 Å². The molecular formula is C19H21N3O2S. The van der Waals surface area contributed by atoms with Crippen molar-refractivity contribution in [3.05, 3.63) is 29.8 Å². The number of hydrogen-bond donors (Lipinski definition) is 0. The molecule has 1 aliphatic heterocycles. The molecule has 0 saturated carbocycles. The molecular weight excluding hydrogens is 334 g/mol. The number of nitriles is 1. The van der Waals surface area contributed by atoms with Gasteiger partial charge in [-0.05, 0) is 43.0 Å². The molecule has 1 aromatic heterocycles. The van der Waals surface area contributed by atoms with E-state index in [0.717, 1.165) is 36.2 Å². The minimum Gasteiger partial charge on any atom is -0.497 e. The number of piperidine rings is 1. The van der Waals surface area contributed by atoms with Crippen molar-refractivity contribution in [3.8, 4) is 11.8 Å². The molecule has 0 radical (unpaired) electrons. The molecule has 3 rings (SSSR count). The van der Waals surface area contributed by atoms with Crippen molar-refractivity contribution in [1.29, 1.82) is 5.26 Å². The van der Waals surface area contributed by atoms with E-state index in [1.807, 2.05) is 23.1 Å². The second kappa shape index (κ2) is 7.75. The zero-order chi connectivity index (χ0) is 17.8. The van der Waals surface area contributed by atoms with Gasteiger partial charge in [0.15, 0.2) is 0 Å². The van der Waals surface area contributed by atoms with Crippen LogP contribution >= 0.6 is 11.8 Å². The summed E-state index contributed by atoms with van der Waals surface area (Å²) in [5, 5.41) is 10.9. The molecule has 2 heterocycles. The summed E-state index contributed by atoms with van der Waals surface area (Å²) < 4.78 is 5.21. The van der Waals surface area contributed by atoms with Crippen LogP contribution in [-0.2, 0) is 4.79 Å². The smallest absolute Gasteiger partial charge is 0.232 e. The number of pyridine rings is 1. The number of aromatic nitrogens is 1. The first-order valence-corrected chi connectivity index (χ1v) is 9.38. The lowest BCUT2D eigenvalue weighted by atomic mass is 10.0. The molecule has 1 atom stereocenters. The Bertz CT molecular complexity index is 831. The Morgan fingerprint density at radius 3 is 3.04 bits per heavy atom. The van der Waals surface area contributed by atoms with Crippen molar-refractivity contribution >= 4 is 28.6 Å². The highest BCUT2D eigenvalue weighted by Gasteiger charge is 2.21. The van der Waals surface area contributed by atoms with Gasteiger partial charge in [0.25, 0.3) is 0 Å². The van der Waals surface area contributed by atoms with Crippen LogP contribution in [0.1, 0.15) is 25.3 Å². The number of thioether (sulfide) groups is 1. The van der Waals surface area contributed by atoms with Gasteiger partial charge in [-0.25, -0.2) is 4.98 Å². The molecule has 0 N–H and O–H groups in total. The third kappa shape index (κ3) is 4.05. The van der Waals surface area contributed by atoms with Gasteiger partial charge < -0.3 is 9.64 Å². The first-order valence-electron chi connectivity index (χ1n) is 8.40. The summed E-state index contributed by atoms with van der Waals surface area (Å²) in [6.07, 6.45) is 2.25. The van der Waals surface area contributed by atoms with Crippen molar-refractivity contribution in [3.63, 3.8) is 0 Å². The number of carbonyl (C=O) groups excluding carboxylic acids is 1. The van der Waals surface area contributed by atoms with Crippen LogP contribution in [0.15, 0.2) is 29.3 Å². The maximum atomic E-state index is 12.4. The summed E-state index contributed by atoms with van der Waals surface area (Å²) in [5.41, 5.74) is 1.28. The topological polar surface area (TPSA) is 66.2 Å². The first kappa shape index (κ1) is 17.6. The number of carbonyl (C=O) groups is 1. The number of methoxy groups -OCH3 is 1. The largest absolute Gasteiger partial charge is 0.497 e. The molecule has 0 aliphatic carbocycles. The number of nitrogens with zero attached hydrogens (tertiary/aromatic N) is 3. The van der Waals surface area contributed by atoms with Gasteiger partial charge in [0, 0.05) is 18.5 Å². The van der Waals surface area contributed by atoms with Crippen molar-refractivity contribution in [2.24, 2.45) is 5.92 Å². The van der Waals surface area contributed by atoms with Gasteiger partial charge in [0.2, 0.25) is 5.91 Å². The number of fused-ring (bicyclic) bond motifs is 1. The Hall–Kier alpha value is -2.26. The van der Waals surface area contributed by atoms with Crippen molar-refractivity contribution in [2.75, 3.05) is 26.0 Å². The molecule has 1 saturated heterocycles. The average molecular weight is 355 g/mol. The standard InChI is InChI=1S/C19H21N3O2S/c1-13-4-3-7-22(11-13)18(23)12-25-19-15(10-20)8-14-9-16(24-2)5-6-17(14)21-19/h5-6,8-9,13H,3-4,7,11-12H2,1-2H3. The molecule has 1 unspecified atom stereocenters. The molecule has 1 aromatic carbocycles. The maximum absolute atomic E-state index is 12.4. The van der Waals surface area contributed by atoms with Crippen LogP contribution in [0.25, 0.3) is 10.9 Å². The average Bonchev–Trinajstić information content (AvgIpc) is 2.64. The van der Waals surface area contributed by atoms with E-state index in [0.29, 0.717) is 22.3 Å². The fraction of sp³-hybridized carbons (Fsp3) is 0.421. The first-order chi connectivity index (χ1) is 12.1. The predicted molar refractivity (Wildman–Crippen MR) is 98.7 cm³/mol. The Morgan fingerprint density at radius 2 is 2.32 bits per heavy atom. The van der Waals surface area contributed by atoms with Gasteiger partial charge in [-0.2, -0.15) is 5.26 Å². The van der Waals surface area contributed by atoms with E-state index in [1.54, 1.807) is 13.2 Å². The van der Waals surface area contributed by atoms with Gasteiger partial charge in [0.1, 0.15) is 16.8 Å². The Balaban J connectivity index is 1.76. The summed E-state index contributed by atoms with van der Waals surface area (Å²) in [6, 6.07) is 9.56. The van der Waals surface area contributed by atoms with Crippen molar-refractivity contribution in [2.45, 2.75) is 24.8 Å². The number of amides is 1. The van der Waals surface area contributed by atoms with Gasteiger partial charge in [0.05, 0.1) is 23.9 Å². The van der Waals surface area contributed by atoms with Gasteiger partial charge in [-0.15, -0.1) is 0 Å². The fourth-order valence-electron chi connectivity index (χ4n) is 3.09. The van der Waals surface area contributed by atoms with Crippen LogP contribution < -0.4 is 4.74 Å². The summed E-state index contributed by atoms with van der Waals surface area (Å²) in [4.78, 5) is 18.9. The van der Waals surface area contributed by atoms with Crippen molar-refractivity contribution in [1.82, 2.24) is 9.88 Å². The molecule has 6 heteroatoms. The van der Waals surface area contributed by atoms with E-state index in [-0.39, 0.29) is 5.91 Å². The van der Waals surface area contributed by atoms with Crippen LogP contribution in [-0.4, -0.2) is 41.7 Å². The molecule has 1 fully saturated rings. The molecule has 2 aromatic rings. The Morgan fingerprint density at radius 1 is 1.48 bits per heavy atom. The normalized spacial score (nSPS) is 17.3. The zero-order valence-corrected chi connectivity index (χ0v) is 15.3. The molecule has 130 valence electrons. The summed E-state index contributed by atoms with van der Waals surface area (Å²) in [5.74, 6) is 1.73. The zero-order valence-electron chi connectivity index (χ0n) is 14.5. The minimum atomic E-state index is 0.122. The fourth-order valence-corrected chi connectivity index (χ4v) is 3.96. The van der Waals surface area contributed by atoms with E-state index in [1.165, 1.54) is 18.2 Å². The number of rotatable bonds is 4. The Labute approximate surface area is 152 Å². The van der Waals surface area contributed by atoms with E-state index in [9.17, 15) is 10.1 Å². The third-order valence-electron chi connectivity index (χ3n) is 4.45. The number of ether oxygens (including phenoxy) is 1. The number of hydrogen-bond acceptors (Lipinski definition) is 5. The van der Waals surface area contributed by atoms with E-state index < -0.39 is 0 Å². The lowest BCUT2D eigenvalue weighted by Gasteiger charge is -2.30. The monoisotopic (exact) mass is 355 g/mol. The molecule has 25 heavy (non-hydrogen) atoms. The van der Waals surface area contributed by atoms with Gasteiger partial charge >= 0.3 is 0 Å². The van der Waals surface area contributed by atoms with Crippen LogP contribution in [0.3, 0.4) is 0 Å². The lowest BCUT2D eigenvalue weighted by Crippen LogP contribution is -2.40. The summed E-state index contributed by atoms with van der Waals surface area (Å²) >= 11 is 1.34. The van der Waals surface area contributed by atoms with E-state index in [2.05, 4.69) is 18.0 Å². The Kier molecular flexibility index (Phi) is 5.44. The molecule has 1 amide bonds. The highest BCUT2D eigenvalue weighted by atomic mass is 32.2. The minimum absolute atomic E-state index is 0.122. The number of benzene rings is 1.